The van der Waals surface area contributed by atoms with Crippen LogP contribution in [0.1, 0.15) is 18.2 Å². The normalized spacial score (nSPS) is 12.2. The van der Waals surface area contributed by atoms with Crippen molar-refractivity contribution in [1.82, 2.24) is 45.0 Å². The summed E-state index contributed by atoms with van der Waals surface area (Å²) >= 11 is 6.05. The largest absolute Gasteiger partial charge is 0.618 e. The Morgan fingerprint density at radius 1 is 1.14 bits per heavy atom. The van der Waals surface area contributed by atoms with E-state index in [-0.39, 0.29) is 10.6 Å². The third-order valence-electron chi connectivity index (χ3n) is 5.77. The fourth-order valence-electron chi connectivity index (χ4n) is 4.01. The van der Waals surface area contributed by atoms with Crippen LogP contribution in [0.4, 0.5) is 4.39 Å². The molecule has 1 atom stereocenters. The first-order chi connectivity index (χ1) is 17.5. The van der Waals surface area contributed by atoms with E-state index < -0.39 is 11.9 Å². The van der Waals surface area contributed by atoms with Gasteiger partial charge in [-0.1, -0.05) is 16.8 Å². The summed E-state index contributed by atoms with van der Waals surface area (Å²) in [6.07, 6.45) is 8.24. The second-order valence-corrected chi connectivity index (χ2v) is 8.33. The molecule has 0 spiro atoms. The van der Waals surface area contributed by atoms with E-state index in [1.54, 1.807) is 54.1 Å². The molecule has 0 radical (unpaired) electrons. The Balaban J connectivity index is 1.56. The first-order valence-electron chi connectivity index (χ1n) is 10.8. The monoisotopic (exact) mass is 510 g/mol. The van der Waals surface area contributed by atoms with Crippen LogP contribution in [0, 0.1) is 11.0 Å². The van der Waals surface area contributed by atoms with Gasteiger partial charge < -0.3 is 9.94 Å². The molecule has 36 heavy (non-hydrogen) atoms. The highest BCUT2D eigenvalue weighted by Crippen LogP contribution is 2.33. The predicted octanol–water partition coefficient (Wildman–Crippen LogP) is 2.37. The molecular weight excluding hydrogens is 491 g/mol. The molecule has 1 aromatic carbocycles. The maximum absolute atomic E-state index is 15.2. The maximum Gasteiger partial charge on any atom is 0.217 e. The van der Waals surface area contributed by atoms with Crippen LogP contribution in [-0.2, 0) is 11.8 Å². The number of benzene rings is 1. The molecule has 5 aromatic rings. The van der Waals surface area contributed by atoms with Crippen molar-refractivity contribution >= 4 is 11.6 Å². The summed E-state index contributed by atoms with van der Waals surface area (Å²) in [5.74, 6) is -0.685. The molecule has 0 fully saturated rings. The van der Waals surface area contributed by atoms with E-state index in [0.717, 1.165) is 11.3 Å². The SMILES string of the molecule is COCC[C@H](c1ccc(-c2c(-n3cnnn3)ccc(Cl)c2F)c[n+]1[O-])n1cc(-c2cnnn2C)cn1. The van der Waals surface area contributed by atoms with Gasteiger partial charge in [0, 0.05) is 45.0 Å². The topological polar surface area (TPSA) is 128 Å². The van der Waals surface area contributed by atoms with Gasteiger partial charge in [0.25, 0.3) is 0 Å². The van der Waals surface area contributed by atoms with Crippen LogP contribution in [0.5, 0.6) is 0 Å². The van der Waals surface area contributed by atoms with Gasteiger partial charge in [-0.05, 0) is 28.6 Å². The molecule has 0 unspecified atom stereocenters. The molecular formula is C22H20ClFN10O2. The average molecular weight is 511 g/mol. The van der Waals surface area contributed by atoms with Crippen molar-refractivity contribution in [1.29, 1.82) is 0 Å². The molecule has 0 aliphatic carbocycles. The Labute approximate surface area is 209 Å². The van der Waals surface area contributed by atoms with E-state index in [0.29, 0.717) is 34.7 Å². The maximum atomic E-state index is 15.2. The van der Waals surface area contributed by atoms with Gasteiger partial charge >= 0.3 is 0 Å². The molecule has 12 nitrogen and oxygen atoms in total. The number of nitrogens with zero attached hydrogens (tertiary/aromatic N) is 10. The Hall–Kier alpha value is -4.23. The summed E-state index contributed by atoms with van der Waals surface area (Å²) in [6.45, 7) is 0.390. The van der Waals surface area contributed by atoms with Crippen molar-refractivity contribution in [2.75, 3.05) is 13.7 Å². The standard InChI is InChI=1S/C22H20ClFN10O2/c1-31-20(10-25-29-31)15-9-27-32(11-15)17(7-8-36-2)18-5-3-14(12-34(18)35)21-19(33-13-26-28-30-33)6-4-16(23)22(21)24/h3-6,9-13,17H,7-8H2,1-2H3/t17-/m1/s1. The van der Waals surface area contributed by atoms with Crippen LogP contribution in [0.15, 0.2) is 55.4 Å². The molecule has 0 N–H and O–H groups in total. The van der Waals surface area contributed by atoms with Crippen molar-refractivity contribution in [2.45, 2.75) is 12.5 Å². The quantitative estimate of drug-likeness (QED) is 0.230. The number of rotatable bonds is 8. The summed E-state index contributed by atoms with van der Waals surface area (Å²) < 4.78 is 25.8. The summed E-state index contributed by atoms with van der Waals surface area (Å²) in [4.78, 5) is 0. The molecule has 0 saturated carbocycles. The molecule has 4 aromatic heterocycles. The summed E-state index contributed by atoms with van der Waals surface area (Å²) in [5, 5.41) is 36.6. The number of hydrogen-bond donors (Lipinski definition) is 0. The highest BCUT2D eigenvalue weighted by Gasteiger charge is 2.26. The number of pyridine rings is 1. The molecule has 0 aliphatic heterocycles. The lowest BCUT2D eigenvalue weighted by Crippen LogP contribution is -2.36. The minimum absolute atomic E-state index is 0.0879. The van der Waals surface area contributed by atoms with Gasteiger partial charge in [-0.15, -0.1) is 10.2 Å². The Morgan fingerprint density at radius 3 is 2.69 bits per heavy atom. The second-order valence-electron chi connectivity index (χ2n) is 7.93. The summed E-state index contributed by atoms with van der Waals surface area (Å²) in [7, 11) is 3.37. The van der Waals surface area contributed by atoms with Gasteiger partial charge in [-0.2, -0.15) is 14.5 Å². The Bertz CT molecular complexity index is 1500. The number of aryl methyl sites for hydroxylation is 1. The number of hydrogen-bond acceptors (Lipinski definition) is 8. The van der Waals surface area contributed by atoms with Crippen molar-refractivity contribution in [2.24, 2.45) is 7.05 Å². The fraction of sp³-hybridized carbons (Fsp3) is 0.227. The molecule has 0 bridgehead atoms. The van der Waals surface area contributed by atoms with E-state index >= 15 is 4.39 Å². The lowest BCUT2D eigenvalue weighted by Gasteiger charge is -2.18. The van der Waals surface area contributed by atoms with Crippen LogP contribution in [0.25, 0.3) is 28.1 Å². The summed E-state index contributed by atoms with van der Waals surface area (Å²) in [6, 6.07) is 5.83. The number of tetrazole rings is 1. The highest BCUT2D eigenvalue weighted by molar-refractivity contribution is 6.31. The molecule has 4 heterocycles. The van der Waals surface area contributed by atoms with Crippen molar-refractivity contribution in [3.63, 3.8) is 0 Å². The number of ether oxygens (including phenoxy) is 1. The minimum Gasteiger partial charge on any atom is -0.618 e. The van der Waals surface area contributed by atoms with Crippen LogP contribution < -0.4 is 4.73 Å². The third kappa shape index (κ3) is 4.29. The number of halogens is 2. The van der Waals surface area contributed by atoms with Gasteiger partial charge in [0.2, 0.25) is 5.69 Å². The summed E-state index contributed by atoms with van der Waals surface area (Å²) in [5.41, 5.74) is 2.73. The Morgan fingerprint density at radius 2 is 2.00 bits per heavy atom. The smallest absolute Gasteiger partial charge is 0.217 e. The van der Waals surface area contributed by atoms with Crippen LogP contribution >= 0.6 is 11.6 Å². The van der Waals surface area contributed by atoms with Crippen LogP contribution in [0.3, 0.4) is 0 Å². The predicted molar refractivity (Wildman–Crippen MR) is 125 cm³/mol. The molecule has 0 aliphatic rings. The van der Waals surface area contributed by atoms with Crippen molar-refractivity contribution in [3.05, 3.63) is 77.1 Å². The van der Waals surface area contributed by atoms with Gasteiger partial charge in [-0.25, -0.2) is 9.07 Å². The van der Waals surface area contributed by atoms with Crippen molar-refractivity contribution < 1.29 is 13.9 Å². The highest BCUT2D eigenvalue weighted by atomic mass is 35.5. The molecule has 0 saturated heterocycles. The first kappa shape index (κ1) is 23.5. The lowest BCUT2D eigenvalue weighted by molar-refractivity contribution is -0.615. The molecule has 14 heteroatoms. The van der Waals surface area contributed by atoms with E-state index in [1.807, 2.05) is 6.20 Å². The van der Waals surface area contributed by atoms with Crippen molar-refractivity contribution in [3.8, 4) is 28.1 Å². The van der Waals surface area contributed by atoms with Gasteiger partial charge in [0.15, 0.2) is 12.0 Å². The molecule has 0 amide bonds. The number of aromatic nitrogens is 10. The van der Waals surface area contributed by atoms with E-state index in [2.05, 4.69) is 30.9 Å². The third-order valence-corrected chi connectivity index (χ3v) is 6.06. The second kappa shape index (κ2) is 9.79. The lowest BCUT2D eigenvalue weighted by atomic mass is 10.0. The van der Waals surface area contributed by atoms with E-state index in [4.69, 9.17) is 16.3 Å². The molecule has 184 valence electrons. The Kier molecular flexibility index (Phi) is 6.40. The zero-order chi connectivity index (χ0) is 25.2. The van der Waals surface area contributed by atoms with Crippen LogP contribution in [-0.4, -0.2) is 58.7 Å². The minimum atomic E-state index is -0.685. The molecule has 5 rings (SSSR count). The van der Waals surface area contributed by atoms with E-state index in [9.17, 15) is 5.21 Å². The van der Waals surface area contributed by atoms with Gasteiger partial charge in [0.1, 0.15) is 12.4 Å². The van der Waals surface area contributed by atoms with Gasteiger partial charge in [0.05, 0.1) is 39.9 Å². The first-order valence-corrected chi connectivity index (χ1v) is 11.2. The zero-order valence-corrected chi connectivity index (χ0v) is 20.0. The fourth-order valence-corrected chi connectivity index (χ4v) is 4.17. The average Bonchev–Trinajstić information content (AvgIpc) is 3.64. The number of methoxy groups -OCH3 is 1. The zero-order valence-electron chi connectivity index (χ0n) is 19.2. The van der Waals surface area contributed by atoms with Gasteiger partial charge in [-0.3, -0.25) is 4.68 Å². The van der Waals surface area contributed by atoms with Crippen LogP contribution in [0.2, 0.25) is 5.02 Å². The van der Waals surface area contributed by atoms with E-state index in [1.165, 1.54) is 23.3 Å².